The highest BCUT2D eigenvalue weighted by molar-refractivity contribution is 7.46. The van der Waals surface area contributed by atoms with Crippen molar-refractivity contribution >= 4 is 7.82 Å². The van der Waals surface area contributed by atoms with Gasteiger partial charge in [-0.05, 0) is 32.8 Å². The minimum absolute atomic E-state index is 0.0860. The molecular formula is C10H17F2O4P. The van der Waals surface area contributed by atoms with Crippen LogP contribution >= 0.6 is 7.82 Å². The monoisotopic (exact) mass is 270 g/mol. The molecular weight excluding hydrogens is 253 g/mol. The first-order valence-electron chi connectivity index (χ1n) is 4.87. The molecule has 0 fully saturated rings. The van der Waals surface area contributed by atoms with E-state index in [2.05, 4.69) is 11.1 Å². The maximum atomic E-state index is 12.3. The Bertz CT molecular complexity index is 371. The van der Waals surface area contributed by atoms with Gasteiger partial charge in [-0.15, -0.1) is 6.58 Å². The molecule has 2 N–H and O–H groups in total. The summed E-state index contributed by atoms with van der Waals surface area (Å²) in [6, 6.07) is 0. The molecule has 0 aliphatic carbocycles. The van der Waals surface area contributed by atoms with Crippen LogP contribution in [0.1, 0.15) is 33.6 Å². The normalized spacial score (nSPS) is 15.2. The zero-order valence-corrected chi connectivity index (χ0v) is 10.9. The van der Waals surface area contributed by atoms with Crippen molar-refractivity contribution in [2.45, 2.75) is 39.2 Å². The maximum Gasteiger partial charge on any atom is 0.470 e. The third kappa shape index (κ3) is 7.39. The molecule has 1 unspecified atom stereocenters. The Hall–Kier alpha value is -0.550. The van der Waals surface area contributed by atoms with Crippen LogP contribution in [-0.4, -0.2) is 15.4 Å². The number of hydrogen-bond acceptors (Lipinski definition) is 2. The van der Waals surface area contributed by atoms with Crippen LogP contribution in [0.3, 0.4) is 0 Å². The molecule has 0 heterocycles. The lowest BCUT2D eigenvalue weighted by atomic mass is 9.91. The number of phosphoric ester groups is 1. The molecule has 0 aromatic carbocycles. The maximum absolute atomic E-state index is 12.3. The zero-order chi connectivity index (χ0) is 13.9. The van der Waals surface area contributed by atoms with Gasteiger partial charge in [-0.2, -0.15) is 8.78 Å². The minimum Gasteiger partial charge on any atom is -0.303 e. The molecule has 7 heteroatoms. The Morgan fingerprint density at radius 3 is 2.12 bits per heavy atom. The van der Waals surface area contributed by atoms with Crippen LogP contribution in [0.15, 0.2) is 23.8 Å². The van der Waals surface area contributed by atoms with E-state index in [4.69, 9.17) is 9.79 Å². The Balaban J connectivity index is 5.05. The second kappa shape index (κ2) is 5.87. The van der Waals surface area contributed by atoms with E-state index in [-0.39, 0.29) is 18.4 Å². The van der Waals surface area contributed by atoms with Gasteiger partial charge in [-0.3, -0.25) is 4.52 Å². The molecule has 0 aromatic heterocycles. The predicted molar refractivity (Wildman–Crippen MR) is 60.5 cm³/mol. The molecule has 0 radical (unpaired) electrons. The summed E-state index contributed by atoms with van der Waals surface area (Å²) in [5, 5.41) is 0. The first-order chi connectivity index (χ1) is 7.45. The van der Waals surface area contributed by atoms with Gasteiger partial charge in [0.1, 0.15) is 0 Å². The predicted octanol–water partition coefficient (Wildman–Crippen LogP) is 3.38. The van der Waals surface area contributed by atoms with Crippen molar-refractivity contribution < 1.29 is 27.7 Å². The van der Waals surface area contributed by atoms with Gasteiger partial charge < -0.3 is 9.79 Å². The molecule has 100 valence electrons. The van der Waals surface area contributed by atoms with Gasteiger partial charge in [0.15, 0.2) is 0 Å². The largest absolute Gasteiger partial charge is 0.470 e. The summed E-state index contributed by atoms with van der Waals surface area (Å²) in [7, 11) is -4.74. The molecule has 0 rings (SSSR count). The van der Waals surface area contributed by atoms with E-state index in [0.29, 0.717) is 5.57 Å². The van der Waals surface area contributed by atoms with Crippen molar-refractivity contribution in [3.05, 3.63) is 23.8 Å². The van der Waals surface area contributed by atoms with Crippen molar-refractivity contribution in [1.29, 1.82) is 0 Å². The van der Waals surface area contributed by atoms with Gasteiger partial charge in [0, 0.05) is 6.42 Å². The number of halogens is 2. The fourth-order valence-electron chi connectivity index (χ4n) is 1.68. The summed E-state index contributed by atoms with van der Waals surface area (Å²) < 4.78 is 40.1. The van der Waals surface area contributed by atoms with Crippen LogP contribution in [0, 0.1) is 0 Å². The molecule has 0 bridgehead atoms. The van der Waals surface area contributed by atoms with E-state index in [1.54, 1.807) is 6.92 Å². The smallest absolute Gasteiger partial charge is 0.303 e. The molecule has 0 aliphatic heterocycles. The summed E-state index contributed by atoms with van der Waals surface area (Å²) in [6.07, 6.45) is -2.05. The third-order valence-electron chi connectivity index (χ3n) is 1.98. The van der Waals surface area contributed by atoms with Crippen molar-refractivity contribution in [2.24, 2.45) is 0 Å². The molecule has 0 aromatic rings. The van der Waals surface area contributed by atoms with Crippen molar-refractivity contribution in [3.63, 3.8) is 0 Å². The minimum atomic E-state index is -4.74. The van der Waals surface area contributed by atoms with E-state index in [0.717, 1.165) is 0 Å². The molecule has 0 aliphatic rings. The fraction of sp³-hybridized carbons (Fsp3) is 0.600. The summed E-state index contributed by atoms with van der Waals surface area (Å²) in [6.45, 7) is 7.77. The highest BCUT2D eigenvalue weighted by Gasteiger charge is 2.34. The Morgan fingerprint density at radius 1 is 1.35 bits per heavy atom. The standard InChI is InChI=1S/C10H17F2O4P/c1-7(2)5-10(4,16-17(13,14)15)6-8(3)9(11)12/h1,5-6H2,2-4H3,(H2,13,14,15). The summed E-state index contributed by atoms with van der Waals surface area (Å²) in [5.41, 5.74) is -1.06. The van der Waals surface area contributed by atoms with E-state index in [1.165, 1.54) is 13.8 Å². The summed E-state index contributed by atoms with van der Waals surface area (Å²) >= 11 is 0. The third-order valence-corrected chi connectivity index (χ3v) is 2.66. The Kier molecular flexibility index (Phi) is 5.68. The lowest BCUT2D eigenvalue weighted by Crippen LogP contribution is -2.28. The Morgan fingerprint density at radius 2 is 1.82 bits per heavy atom. The molecule has 17 heavy (non-hydrogen) atoms. The number of phosphoric acid groups is 1. The van der Waals surface area contributed by atoms with Gasteiger partial charge in [0.2, 0.25) is 0 Å². The van der Waals surface area contributed by atoms with E-state index < -0.39 is 19.5 Å². The average Bonchev–Trinajstić information content (AvgIpc) is 1.96. The van der Waals surface area contributed by atoms with E-state index >= 15 is 0 Å². The van der Waals surface area contributed by atoms with Crippen LogP contribution in [0.4, 0.5) is 8.78 Å². The highest BCUT2D eigenvalue weighted by atomic mass is 31.2. The van der Waals surface area contributed by atoms with Gasteiger partial charge in [-0.1, -0.05) is 5.57 Å². The topological polar surface area (TPSA) is 66.8 Å². The molecule has 0 saturated carbocycles. The molecule has 4 nitrogen and oxygen atoms in total. The Labute approximate surface area is 99.2 Å². The van der Waals surface area contributed by atoms with Gasteiger partial charge >= 0.3 is 7.82 Å². The average molecular weight is 270 g/mol. The zero-order valence-electron chi connectivity index (χ0n) is 10.0. The lowest BCUT2D eigenvalue weighted by Gasteiger charge is -2.30. The first-order valence-corrected chi connectivity index (χ1v) is 6.40. The molecule has 0 spiro atoms. The number of hydrogen-bond donors (Lipinski definition) is 2. The van der Waals surface area contributed by atoms with Crippen molar-refractivity contribution in [2.75, 3.05) is 0 Å². The summed E-state index contributed by atoms with van der Waals surface area (Å²) in [4.78, 5) is 17.5. The first kappa shape index (κ1) is 16.4. The van der Waals surface area contributed by atoms with Crippen LogP contribution in [0.5, 0.6) is 0 Å². The van der Waals surface area contributed by atoms with Crippen molar-refractivity contribution in [1.82, 2.24) is 0 Å². The van der Waals surface area contributed by atoms with E-state index in [1.807, 2.05) is 0 Å². The molecule has 0 saturated heterocycles. The van der Waals surface area contributed by atoms with Crippen LogP contribution in [-0.2, 0) is 9.09 Å². The highest BCUT2D eigenvalue weighted by Crippen LogP contribution is 2.45. The molecule has 0 amide bonds. The van der Waals surface area contributed by atoms with Gasteiger partial charge in [-0.25, -0.2) is 4.57 Å². The second-order valence-electron chi connectivity index (χ2n) is 4.38. The summed E-state index contributed by atoms with van der Waals surface area (Å²) in [5.74, 6) is 0. The SMILES string of the molecule is C=C(C)CC(C)(CC(C)=C(F)F)OP(=O)(O)O. The quantitative estimate of drug-likeness (QED) is 0.573. The van der Waals surface area contributed by atoms with E-state index in [9.17, 15) is 13.3 Å². The number of rotatable bonds is 6. The van der Waals surface area contributed by atoms with Crippen molar-refractivity contribution in [3.8, 4) is 0 Å². The molecule has 1 atom stereocenters. The second-order valence-corrected chi connectivity index (χ2v) is 5.55. The lowest BCUT2D eigenvalue weighted by molar-refractivity contribution is 0.0489. The van der Waals surface area contributed by atoms with Gasteiger partial charge in [0.25, 0.3) is 6.08 Å². The van der Waals surface area contributed by atoms with Crippen LogP contribution in [0.25, 0.3) is 0 Å². The van der Waals surface area contributed by atoms with Crippen LogP contribution < -0.4 is 0 Å². The fourth-order valence-corrected chi connectivity index (χ4v) is 2.38. The van der Waals surface area contributed by atoms with Crippen LogP contribution in [0.2, 0.25) is 0 Å². The van der Waals surface area contributed by atoms with Gasteiger partial charge in [0.05, 0.1) is 5.60 Å².